The summed E-state index contributed by atoms with van der Waals surface area (Å²) in [5.41, 5.74) is 5.15. The molecule has 0 saturated heterocycles. The summed E-state index contributed by atoms with van der Waals surface area (Å²) in [5.74, 6) is 0.122. The summed E-state index contributed by atoms with van der Waals surface area (Å²) in [4.78, 5) is 16.2. The van der Waals surface area contributed by atoms with Gasteiger partial charge in [0.05, 0.1) is 23.2 Å². The molecule has 1 atom stereocenters. The molecular weight excluding hydrogens is 708 g/mol. The number of nitrogens with zero attached hydrogens (tertiary/aromatic N) is 1. The third kappa shape index (κ3) is 12.2. The minimum Gasteiger partial charge on any atom is -0.481 e. The van der Waals surface area contributed by atoms with Crippen LogP contribution in [0.2, 0.25) is 5.02 Å². The molecule has 7 heteroatoms. The maximum absolute atomic E-state index is 11.5. The summed E-state index contributed by atoms with van der Waals surface area (Å²) in [7, 11) is 0. The van der Waals surface area contributed by atoms with E-state index in [1.807, 2.05) is 74.1 Å². The molecule has 7 rings (SSSR count). The Morgan fingerprint density at radius 2 is 1.59 bits per heavy atom. The Hall–Kier alpha value is -3.16. The number of aromatic nitrogens is 1. The molecular formula is C47H59ClN2O3S. The van der Waals surface area contributed by atoms with Gasteiger partial charge in [-0.05, 0) is 117 Å². The minimum absolute atomic E-state index is 0.0814. The van der Waals surface area contributed by atoms with Crippen LogP contribution in [0.1, 0.15) is 137 Å². The van der Waals surface area contributed by atoms with Crippen molar-refractivity contribution in [2.75, 3.05) is 5.75 Å². The molecule has 4 aromatic rings. The monoisotopic (exact) mass is 766 g/mol. The molecule has 288 valence electrons. The van der Waals surface area contributed by atoms with E-state index in [9.17, 15) is 15.0 Å². The van der Waals surface area contributed by atoms with Crippen molar-refractivity contribution in [1.82, 2.24) is 10.3 Å². The lowest BCUT2D eigenvalue weighted by molar-refractivity contribution is -0.138. The van der Waals surface area contributed by atoms with E-state index in [0.717, 1.165) is 76.8 Å². The first-order valence-corrected chi connectivity index (χ1v) is 21.7. The number of halogens is 1. The SMILES string of the molecule is C1CCC(NC2CCCCC2)CC1.CC(C)(O)c1ccccc1CCC(SCC1(CC(=O)O)CC1)c1cccc(C=Cc2ccc3ccc(Cl)cc3n2)c1. The number of nitrogens with one attached hydrogen (secondary N) is 1. The molecule has 1 heterocycles. The molecule has 0 bridgehead atoms. The highest BCUT2D eigenvalue weighted by atomic mass is 35.5. The molecule has 1 aromatic heterocycles. The van der Waals surface area contributed by atoms with Crippen LogP contribution in [-0.4, -0.2) is 39.0 Å². The number of pyridine rings is 1. The second kappa shape index (κ2) is 19.1. The number of carboxylic acids is 1. The Morgan fingerprint density at radius 1 is 0.907 bits per heavy atom. The molecule has 1 unspecified atom stereocenters. The van der Waals surface area contributed by atoms with E-state index >= 15 is 0 Å². The Balaban J connectivity index is 0.000000321. The number of hydrogen-bond donors (Lipinski definition) is 3. The minimum atomic E-state index is -0.911. The van der Waals surface area contributed by atoms with Crippen LogP contribution in [-0.2, 0) is 16.8 Å². The number of aryl methyl sites for hydroxylation is 1. The standard InChI is InChI=1S/C35H36ClNO3S.C12H23N/c1-34(2,40)30-9-4-3-7-25(30)13-17-32(41-23-35(18-19-35)22-33(38)39)27-8-5-6-24(20-27)10-15-29-16-12-26-11-14-28(36)21-31(26)37-29;1-3-7-11(8-4-1)13-12-9-5-2-6-10-12/h3-12,14-16,20-21,32,40H,13,17-19,22-23H2,1-2H3,(H,38,39);11-13H,1-10H2. The summed E-state index contributed by atoms with van der Waals surface area (Å²) in [6.07, 6.45) is 22.6. The highest BCUT2D eigenvalue weighted by molar-refractivity contribution is 7.99. The zero-order chi connectivity index (χ0) is 38.0. The van der Waals surface area contributed by atoms with Gasteiger partial charge in [-0.2, -0.15) is 11.8 Å². The van der Waals surface area contributed by atoms with E-state index in [0.29, 0.717) is 5.02 Å². The molecule has 54 heavy (non-hydrogen) atoms. The first-order valence-electron chi connectivity index (χ1n) is 20.3. The second-order valence-electron chi connectivity index (χ2n) is 16.5. The van der Waals surface area contributed by atoms with Gasteiger partial charge in [-0.1, -0.05) is 117 Å². The van der Waals surface area contributed by atoms with E-state index in [-0.39, 0.29) is 17.1 Å². The van der Waals surface area contributed by atoms with E-state index in [1.165, 1.54) is 69.8 Å². The fraction of sp³-hybridized carbons (Fsp3) is 0.489. The van der Waals surface area contributed by atoms with Crippen LogP contribution in [0.3, 0.4) is 0 Å². The van der Waals surface area contributed by atoms with Crippen LogP contribution in [0, 0.1) is 5.41 Å². The lowest BCUT2D eigenvalue weighted by Crippen LogP contribution is -2.40. The van der Waals surface area contributed by atoms with Gasteiger partial charge in [0.1, 0.15) is 0 Å². The number of hydrogen-bond acceptors (Lipinski definition) is 5. The summed E-state index contributed by atoms with van der Waals surface area (Å²) in [6.45, 7) is 3.66. The average molecular weight is 768 g/mol. The topological polar surface area (TPSA) is 82.5 Å². The van der Waals surface area contributed by atoms with Crippen LogP contribution in [0.15, 0.2) is 78.9 Å². The zero-order valence-electron chi connectivity index (χ0n) is 32.2. The third-order valence-corrected chi connectivity index (χ3v) is 13.4. The van der Waals surface area contributed by atoms with Crippen molar-refractivity contribution in [3.8, 4) is 0 Å². The molecule has 3 fully saturated rings. The van der Waals surface area contributed by atoms with Gasteiger partial charge in [0.25, 0.3) is 0 Å². The number of benzene rings is 3. The Bertz CT molecular complexity index is 1840. The normalized spacial score (nSPS) is 18.3. The van der Waals surface area contributed by atoms with Gasteiger partial charge >= 0.3 is 5.97 Å². The number of carboxylic acid groups (broad SMARTS) is 1. The van der Waals surface area contributed by atoms with Crippen LogP contribution < -0.4 is 5.32 Å². The molecule has 0 amide bonds. The van der Waals surface area contributed by atoms with Crippen molar-refractivity contribution in [2.45, 2.75) is 133 Å². The Kier molecular flexibility index (Phi) is 14.3. The Labute approximate surface area is 332 Å². The van der Waals surface area contributed by atoms with Crippen LogP contribution in [0.4, 0.5) is 0 Å². The van der Waals surface area contributed by atoms with Gasteiger partial charge in [0.15, 0.2) is 0 Å². The number of fused-ring (bicyclic) bond motifs is 1. The first-order chi connectivity index (χ1) is 26.0. The van der Waals surface area contributed by atoms with Gasteiger partial charge in [-0.15, -0.1) is 0 Å². The van der Waals surface area contributed by atoms with E-state index in [4.69, 9.17) is 16.6 Å². The third-order valence-electron chi connectivity index (χ3n) is 11.5. The molecule has 3 aliphatic carbocycles. The van der Waals surface area contributed by atoms with Crippen molar-refractivity contribution < 1.29 is 15.0 Å². The lowest BCUT2D eigenvalue weighted by Gasteiger charge is -2.30. The van der Waals surface area contributed by atoms with Crippen molar-refractivity contribution in [3.63, 3.8) is 0 Å². The molecule has 0 aliphatic heterocycles. The van der Waals surface area contributed by atoms with E-state index < -0.39 is 11.6 Å². The Morgan fingerprint density at radius 3 is 2.26 bits per heavy atom. The number of aliphatic hydroxyl groups is 1. The average Bonchev–Trinajstić information content (AvgIpc) is 3.93. The molecule has 3 aliphatic rings. The molecule has 3 N–H and O–H groups in total. The molecule has 3 aromatic carbocycles. The zero-order valence-corrected chi connectivity index (χ0v) is 33.8. The van der Waals surface area contributed by atoms with Gasteiger partial charge in [0.2, 0.25) is 0 Å². The van der Waals surface area contributed by atoms with E-state index in [1.54, 1.807) is 0 Å². The predicted molar refractivity (Wildman–Crippen MR) is 228 cm³/mol. The lowest BCUT2D eigenvalue weighted by atomic mass is 9.90. The molecule has 3 saturated carbocycles. The molecule has 0 spiro atoms. The maximum Gasteiger partial charge on any atom is 0.303 e. The number of rotatable bonds is 14. The maximum atomic E-state index is 11.5. The van der Waals surface area contributed by atoms with Gasteiger partial charge in [-0.25, -0.2) is 4.98 Å². The van der Waals surface area contributed by atoms with Crippen LogP contribution in [0.5, 0.6) is 0 Å². The second-order valence-corrected chi connectivity index (χ2v) is 18.2. The van der Waals surface area contributed by atoms with Crippen molar-refractivity contribution in [3.05, 3.63) is 112 Å². The smallest absolute Gasteiger partial charge is 0.303 e. The van der Waals surface area contributed by atoms with Crippen molar-refractivity contribution >= 4 is 52.4 Å². The van der Waals surface area contributed by atoms with Crippen LogP contribution >= 0.6 is 23.4 Å². The largest absolute Gasteiger partial charge is 0.481 e. The summed E-state index contributed by atoms with van der Waals surface area (Å²) < 4.78 is 0. The fourth-order valence-electron chi connectivity index (χ4n) is 8.23. The van der Waals surface area contributed by atoms with Crippen molar-refractivity contribution in [2.24, 2.45) is 5.41 Å². The first kappa shape index (κ1) is 40.5. The van der Waals surface area contributed by atoms with E-state index in [2.05, 4.69) is 47.8 Å². The number of carbonyl (C=O) groups is 1. The predicted octanol–water partition coefficient (Wildman–Crippen LogP) is 12.2. The number of thioether (sulfide) groups is 1. The summed E-state index contributed by atoms with van der Waals surface area (Å²) >= 11 is 8.04. The summed E-state index contributed by atoms with van der Waals surface area (Å²) in [6, 6.07) is 28.2. The highest BCUT2D eigenvalue weighted by Crippen LogP contribution is 2.53. The fourth-order valence-corrected chi connectivity index (χ4v) is 9.97. The van der Waals surface area contributed by atoms with Crippen molar-refractivity contribution in [1.29, 1.82) is 0 Å². The van der Waals surface area contributed by atoms with Gasteiger partial charge in [0, 0.05) is 33.5 Å². The molecule has 5 nitrogen and oxygen atoms in total. The molecule has 0 radical (unpaired) electrons. The highest BCUT2D eigenvalue weighted by Gasteiger charge is 2.44. The van der Waals surface area contributed by atoms with Gasteiger partial charge in [-0.3, -0.25) is 4.79 Å². The van der Waals surface area contributed by atoms with Crippen LogP contribution in [0.25, 0.3) is 23.1 Å². The number of aliphatic carboxylic acids is 1. The summed E-state index contributed by atoms with van der Waals surface area (Å²) in [5, 5.41) is 26.0. The quantitative estimate of drug-likeness (QED) is 0.119. The van der Waals surface area contributed by atoms with Gasteiger partial charge < -0.3 is 15.5 Å².